The van der Waals surface area contributed by atoms with Gasteiger partial charge in [0.25, 0.3) is 5.13 Å². The number of alkyl halides is 2. The summed E-state index contributed by atoms with van der Waals surface area (Å²) >= 11 is 6.12. The third kappa shape index (κ3) is 6.29. The van der Waals surface area contributed by atoms with Crippen LogP contribution in [0.25, 0.3) is 11.2 Å². The number of para-hydroxylation sites is 1. The average Bonchev–Trinajstić information content (AvgIpc) is 3.40. The van der Waals surface area contributed by atoms with Gasteiger partial charge in [-0.1, -0.05) is 29.8 Å². The van der Waals surface area contributed by atoms with Crippen LogP contribution in [0.1, 0.15) is 27.0 Å². The third-order valence-corrected chi connectivity index (χ3v) is 7.80. The van der Waals surface area contributed by atoms with E-state index in [1.165, 1.54) is 25.4 Å². The van der Waals surface area contributed by atoms with Crippen LogP contribution in [0.4, 0.5) is 16.2 Å². The number of hydrogen-bond acceptors (Lipinski definition) is 12. The van der Waals surface area contributed by atoms with E-state index in [9.17, 15) is 14.5 Å². The number of nitrogen functional groups attached to an aromatic ring is 1. The summed E-state index contributed by atoms with van der Waals surface area (Å²) in [5.74, 6) is -0.376. The normalized spacial score (nSPS) is 25.1. The minimum Gasteiger partial charge on any atom is -0.462 e. The van der Waals surface area contributed by atoms with Crippen molar-refractivity contribution in [3.05, 3.63) is 36.7 Å². The van der Waals surface area contributed by atoms with Gasteiger partial charge in [-0.05, 0) is 32.9 Å². The van der Waals surface area contributed by atoms with E-state index in [0.717, 1.165) is 4.57 Å². The molecule has 5 N–H and O–H groups in total. The summed E-state index contributed by atoms with van der Waals surface area (Å²) in [5.41, 5.74) is 6.12. The van der Waals surface area contributed by atoms with Crippen LogP contribution >= 0.6 is 19.3 Å². The number of aliphatic hydroxyl groups excluding tert-OH is 1. The number of nitrogens with zero attached hydrogens (tertiary/aromatic N) is 4. The topological polar surface area (TPSA) is 185 Å². The van der Waals surface area contributed by atoms with Gasteiger partial charge in [-0.3, -0.25) is 13.9 Å². The number of rotatable bonds is 11. The van der Waals surface area contributed by atoms with Gasteiger partial charge in [0.05, 0.1) is 19.0 Å². The smallest absolute Gasteiger partial charge is 0.459 e. The summed E-state index contributed by atoms with van der Waals surface area (Å²) < 4.78 is 52.6. The highest BCUT2D eigenvalue weighted by Crippen LogP contribution is 2.49. The molecule has 0 unspecified atom stereocenters. The van der Waals surface area contributed by atoms with E-state index in [2.05, 4.69) is 25.4 Å². The standard InChI is InChI=1S/C23H30ClFN7O7P/c1-12(2)37-20(34)13(3)31-40(35,39-14-8-6-5-7-9-14)36-10-15-17(33)23(24,25)21(38-15)32-11-28-16-18(27-4)29-22(26)30-19(16)32/h5-9,11-13,15,17,21,33H,10H2,1-4H3,(H,31,35)(H3,26,27,29,30)/t13-,15+,17+,21+,23+,40-/m0/s1. The number of fused-ring (bicyclic) bond motifs is 1. The molecule has 1 aliphatic heterocycles. The number of aromatic nitrogens is 4. The van der Waals surface area contributed by atoms with Gasteiger partial charge in [-0.2, -0.15) is 15.1 Å². The van der Waals surface area contributed by atoms with Gasteiger partial charge in [0, 0.05) is 7.05 Å². The van der Waals surface area contributed by atoms with Crippen molar-refractivity contribution < 1.29 is 37.4 Å². The molecule has 0 radical (unpaired) electrons. The molecule has 1 aromatic carbocycles. The molecule has 0 saturated carbocycles. The highest BCUT2D eigenvalue weighted by atomic mass is 35.5. The van der Waals surface area contributed by atoms with Crippen molar-refractivity contribution in [3.8, 4) is 5.75 Å². The lowest BCUT2D eigenvalue weighted by Crippen LogP contribution is -2.40. The molecule has 1 fully saturated rings. The minimum absolute atomic E-state index is 0.0931. The molecular formula is C23H30ClFN7O7P. The number of imidazole rings is 1. The van der Waals surface area contributed by atoms with E-state index in [1.54, 1.807) is 39.1 Å². The van der Waals surface area contributed by atoms with Crippen molar-refractivity contribution in [2.75, 3.05) is 24.7 Å². The molecule has 3 heterocycles. The average molecular weight is 602 g/mol. The molecule has 14 nitrogen and oxygen atoms in total. The molecule has 0 amide bonds. The Balaban J connectivity index is 1.56. The predicted molar refractivity (Wildman–Crippen MR) is 143 cm³/mol. The van der Waals surface area contributed by atoms with Crippen molar-refractivity contribution in [3.63, 3.8) is 0 Å². The highest BCUT2D eigenvalue weighted by Gasteiger charge is 2.58. The molecule has 1 saturated heterocycles. The van der Waals surface area contributed by atoms with E-state index in [1.807, 2.05) is 0 Å². The predicted octanol–water partition coefficient (Wildman–Crippen LogP) is 2.75. The Morgan fingerprint density at radius 2 is 2.02 bits per heavy atom. The molecule has 6 atom stereocenters. The second kappa shape index (κ2) is 11.8. The Bertz CT molecular complexity index is 1400. The molecule has 0 aliphatic carbocycles. The van der Waals surface area contributed by atoms with E-state index in [0.29, 0.717) is 0 Å². The fraction of sp³-hybridized carbons (Fsp3) is 0.478. The lowest BCUT2D eigenvalue weighted by atomic mass is 10.1. The molecule has 2 aromatic heterocycles. The van der Waals surface area contributed by atoms with Crippen LogP contribution in [0.3, 0.4) is 0 Å². The first-order valence-electron chi connectivity index (χ1n) is 12.2. The molecule has 17 heteroatoms. The quantitative estimate of drug-likeness (QED) is 0.143. The number of halogens is 2. The van der Waals surface area contributed by atoms with Gasteiger partial charge < -0.3 is 30.2 Å². The van der Waals surface area contributed by atoms with Crippen molar-refractivity contribution in [1.82, 2.24) is 24.6 Å². The second-order valence-electron chi connectivity index (χ2n) is 9.18. The zero-order chi connectivity index (χ0) is 29.2. The first kappa shape index (κ1) is 29.9. The molecule has 1 aliphatic rings. The van der Waals surface area contributed by atoms with E-state index in [-0.39, 0.29) is 28.7 Å². The van der Waals surface area contributed by atoms with Crippen LogP contribution < -0.4 is 20.7 Å². The lowest BCUT2D eigenvalue weighted by molar-refractivity contribution is -0.149. The molecule has 40 heavy (non-hydrogen) atoms. The minimum atomic E-state index is -4.32. The van der Waals surface area contributed by atoms with E-state index >= 15 is 4.39 Å². The maximum atomic E-state index is 15.7. The number of esters is 1. The van der Waals surface area contributed by atoms with Crippen molar-refractivity contribution >= 4 is 48.2 Å². The molecular weight excluding hydrogens is 572 g/mol. The number of nitrogens with two attached hydrogens (primary N) is 1. The third-order valence-electron chi connectivity index (χ3n) is 5.74. The summed E-state index contributed by atoms with van der Waals surface area (Å²) in [6, 6.07) is 6.93. The Morgan fingerprint density at radius 1 is 1.32 bits per heavy atom. The zero-order valence-corrected chi connectivity index (χ0v) is 23.7. The Labute approximate surface area is 233 Å². The van der Waals surface area contributed by atoms with Gasteiger partial charge in [0.15, 0.2) is 23.2 Å². The Morgan fingerprint density at radius 3 is 2.67 bits per heavy atom. The largest absolute Gasteiger partial charge is 0.462 e. The van der Waals surface area contributed by atoms with Crippen molar-refractivity contribution in [2.24, 2.45) is 0 Å². The second-order valence-corrected chi connectivity index (χ2v) is 11.5. The fourth-order valence-corrected chi connectivity index (χ4v) is 5.69. The number of hydrogen-bond donors (Lipinski definition) is 4. The van der Waals surface area contributed by atoms with Crippen LogP contribution in [-0.4, -0.2) is 73.7 Å². The number of benzene rings is 1. The summed E-state index contributed by atoms with van der Waals surface area (Å²) in [4.78, 5) is 24.7. The zero-order valence-electron chi connectivity index (χ0n) is 22.0. The van der Waals surface area contributed by atoms with Gasteiger partial charge >= 0.3 is 13.7 Å². The van der Waals surface area contributed by atoms with Crippen LogP contribution in [-0.2, 0) is 23.4 Å². The highest BCUT2D eigenvalue weighted by molar-refractivity contribution is 7.52. The summed E-state index contributed by atoms with van der Waals surface area (Å²) in [6.07, 6.45) is -4.22. The number of ether oxygens (including phenoxy) is 2. The molecule has 0 spiro atoms. The monoisotopic (exact) mass is 601 g/mol. The van der Waals surface area contributed by atoms with E-state index < -0.39 is 56.0 Å². The Kier molecular flexibility index (Phi) is 8.83. The lowest BCUT2D eigenvalue weighted by Gasteiger charge is -2.25. The van der Waals surface area contributed by atoms with Crippen LogP contribution in [0.5, 0.6) is 5.75 Å². The SMILES string of the molecule is CNc1nc(N)nc2c1ncn2[C@@H]1O[C@H](CO[P@@](=O)(N[C@@H](C)C(=O)OC(C)C)Oc2ccccc2)[C@@H](O)[C@]1(F)Cl. The van der Waals surface area contributed by atoms with Gasteiger partial charge in [0.2, 0.25) is 5.95 Å². The van der Waals surface area contributed by atoms with Crippen molar-refractivity contribution in [2.45, 2.75) is 56.5 Å². The number of anilines is 2. The van der Waals surface area contributed by atoms with Gasteiger partial charge in [0.1, 0.15) is 24.0 Å². The summed E-state index contributed by atoms with van der Waals surface area (Å²) in [6.45, 7) is 4.09. The fourth-order valence-electron chi connectivity index (χ4n) is 3.89. The molecule has 3 aromatic rings. The van der Waals surface area contributed by atoms with Crippen molar-refractivity contribution in [1.29, 1.82) is 0 Å². The number of carbonyl (C=O) groups excluding carboxylic acids is 1. The van der Waals surface area contributed by atoms with Crippen LogP contribution in [0.2, 0.25) is 0 Å². The maximum absolute atomic E-state index is 15.7. The van der Waals surface area contributed by atoms with Crippen LogP contribution in [0.15, 0.2) is 36.7 Å². The van der Waals surface area contributed by atoms with Crippen LogP contribution in [0, 0.1) is 0 Å². The molecule has 0 bridgehead atoms. The first-order valence-corrected chi connectivity index (χ1v) is 14.1. The van der Waals surface area contributed by atoms with Gasteiger partial charge in [-0.15, -0.1) is 0 Å². The Hall–Kier alpha value is -3.07. The first-order chi connectivity index (χ1) is 18.8. The number of aliphatic hydroxyl groups is 1. The molecule has 218 valence electrons. The van der Waals surface area contributed by atoms with Gasteiger partial charge in [-0.25, -0.2) is 13.9 Å². The number of nitrogens with one attached hydrogen (secondary N) is 2. The summed E-state index contributed by atoms with van der Waals surface area (Å²) in [5, 5.41) is 13.2. The van der Waals surface area contributed by atoms with E-state index in [4.69, 9.17) is 35.9 Å². The molecule has 4 rings (SSSR count). The maximum Gasteiger partial charge on any atom is 0.459 e. The number of carbonyl (C=O) groups is 1. The summed E-state index contributed by atoms with van der Waals surface area (Å²) in [7, 11) is -2.73.